The minimum Gasteiger partial charge on any atom is -0.484 e. The maximum absolute atomic E-state index is 12.2. The highest BCUT2D eigenvalue weighted by molar-refractivity contribution is 5.78. The van der Waals surface area contributed by atoms with Gasteiger partial charge in [-0.3, -0.25) is 9.59 Å². The molecule has 2 aromatic carbocycles. The van der Waals surface area contributed by atoms with Crippen LogP contribution >= 0.6 is 0 Å². The van der Waals surface area contributed by atoms with Crippen LogP contribution in [0.4, 0.5) is 0 Å². The number of ether oxygens (including phenoxy) is 2. The fourth-order valence-electron chi connectivity index (χ4n) is 3.23. The molecule has 26 heavy (non-hydrogen) atoms. The number of fused-ring (bicyclic) bond motifs is 1. The summed E-state index contributed by atoms with van der Waals surface area (Å²) in [7, 11) is 1.36. The summed E-state index contributed by atoms with van der Waals surface area (Å²) in [4.78, 5) is 23.5. The molecule has 1 aliphatic rings. The highest BCUT2D eigenvalue weighted by Gasteiger charge is 2.21. The lowest BCUT2D eigenvalue weighted by Gasteiger charge is -2.26. The second-order valence-corrected chi connectivity index (χ2v) is 6.40. The lowest BCUT2D eigenvalue weighted by Crippen LogP contribution is -2.34. The van der Waals surface area contributed by atoms with Crippen LogP contribution in [0.15, 0.2) is 48.5 Å². The van der Waals surface area contributed by atoms with Gasteiger partial charge in [0.2, 0.25) is 0 Å². The van der Waals surface area contributed by atoms with Gasteiger partial charge >= 0.3 is 5.97 Å². The minimum atomic E-state index is -0.286. The van der Waals surface area contributed by atoms with Crippen LogP contribution in [0.1, 0.15) is 35.6 Å². The van der Waals surface area contributed by atoms with E-state index in [2.05, 4.69) is 22.2 Å². The Labute approximate surface area is 153 Å². The van der Waals surface area contributed by atoms with Crippen molar-refractivity contribution >= 4 is 11.9 Å². The normalized spacial score (nSPS) is 15.7. The maximum Gasteiger partial charge on any atom is 0.309 e. The van der Waals surface area contributed by atoms with E-state index in [4.69, 9.17) is 4.74 Å². The van der Waals surface area contributed by atoms with Gasteiger partial charge in [0.15, 0.2) is 6.61 Å². The molecule has 1 aliphatic carbocycles. The van der Waals surface area contributed by atoms with Crippen LogP contribution in [0, 0.1) is 0 Å². The molecule has 0 bridgehead atoms. The van der Waals surface area contributed by atoms with Gasteiger partial charge < -0.3 is 14.8 Å². The molecule has 0 saturated heterocycles. The molecular weight excluding hydrogens is 330 g/mol. The topological polar surface area (TPSA) is 64.6 Å². The summed E-state index contributed by atoms with van der Waals surface area (Å²) in [6, 6.07) is 15.4. The van der Waals surface area contributed by atoms with Gasteiger partial charge in [-0.1, -0.05) is 36.4 Å². The Morgan fingerprint density at radius 2 is 1.88 bits per heavy atom. The minimum absolute atomic E-state index is 0.0327. The standard InChI is InChI=1S/C21H23NO4/c1-25-21(24)13-15-9-11-17(12-10-15)26-14-20(23)22-19-8-4-6-16-5-2-3-7-18(16)19/h2-3,5,7,9-12,19H,4,6,8,13-14H2,1H3,(H,22,23)/t19-/m0/s1. The molecule has 3 rings (SSSR count). The largest absolute Gasteiger partial charge is 0.484 e. The zero-order valence-electron chi connectivity index (χ0n) is 14.9. The molecule has 0 radical (unpaired) electrons. The summed E-state index contributed by atoms with van der Waals surface area (Å²) in [5.74, 6) is 0.175. The average Bonchev–Trinajstić information content (AvgIpc) is 2.67. The smallest absolute Gasteiger partial charge is 0.309 e. The molecule has 0 saturated carbocycles. The van der Waals surface area contributed by atoms with Gasteiger partial charge in [-0.05, 0) is 48.1 Å². The number of hydrogen-bond acceptors (Lipinski definition) is 4. The summed E-state index contributed by atoms with van der Waals surface area (Å²) in [6.45, 7) is -0.0327. The van der Waals surface area contributed by atoms with E-state index >= 15 is 0 Å². The Morgan fingerprint density at radius 1 is 1.12 bits per heavy atom. The van der Waals surface area contributed by atoms with Crippen LogP contribution in [0.5, 0.6) is 5.75 Å². The van der Waals surface area contributed by atoms with Crippen molar-refractivity contribution < 1.29 is 19.1 Å². The first-order valence-corrected chi connectivity index (χ1v) is 8.81. The Balaban J connectivity index is 1.51. The van der Waals surface area contributed by atoms with E-state index in [1.807, 2.05) is 12.1 Å². The third kappa shape index (κ3) is 4.63. The summed E-state index contributed by atoms with van der Waals surface area (Å²) < 4.78 is 10.2. The molecule has 0 heterocycles. The third-order valence-corrected chi connectivity index (χ3v) is 4.57. The Morgan fingerprint density at radius 3 is 2.65 bits per heavy atom. The monoisotopic (exact) mass is 353 g/mol. The predicted octanol–water partition coefficient (Wildman–Crippen LogP) is 2.97. The van der Waals surface area contributed by atoms with Gasteiger partial charge in [0.05, 0.1) is 19.6 Å². The van der Waals surface area contributed by atoms with Crippen molar-refractivity contribution in [3.63, 3.8) is 0 Å². The van der Waals surface area contributed by atoms with E-state index in [-0.39, 0.29) is 30.9 Å². The van der Waals surface area contributed by atoms with E-state index in [1.54, 1.807) is 24.3 Å². The first kappa shape index (κ1) is 18.0. The summed E-state index contributed by atoms with van der Waals surface area (Å²) >= 11 is 0. The van der Waals surface area contributed by atoms with Crippen LogP contribution in [0.25, 0.3) is 0 Å². The van der Waals surface area contributed by atoms with Crippen molar-refractivity contribution in [2.45, 2.75) is 31.7 Å². The van der Waals surface area contributed by atoms with Crippen molar-refractivity contribution in [1.82, 2.24) is 5.32 Å². The molecule has 2 aromatic rings. The van der Waals surface area contributed by atoms with Crippen LogP contribution in [-0.4, -0.2) is 25.6 Å². The predicted molar refractivity (Wildman–Crippen MR) is 97.9 cm³/mol. The Kier molecular flexibility index (Phi) is 5.89. The van der Waals surface area contributed by atoms with E-state index < -0.39 is 0 Å². The van der Waals surface area contributed by atoms with Crippen LogP contribution < -0.4 is 10.1 Å². The SMILES string of the molecule is COC(=O)Cc1ccc(OCC(=O)N[C@H]2CCCc3ccccc32)cc1. The molecule has 1 N–H and O–H groups in total. The van der Waals surface area contributed by atoms with Crippen LogP contribution in [0.2, 0.25) is 0 Å². The van der Waals surface area contributed by atoms with Gasteiger partial charge in [-0.2, -0.15) is 0 Å². The second kappa shape index (κ2) is 8.52. The number of nitrogens with one attached hydrogen (secondary N) is 1. The number of carbonyl (C=O) groups excluding carboxylic acids is 2. The number of amides is 1. The molecule has 0 fully saturated rings. The van der Waals surface area contributed by atoms with Crippen molar-refractivity contribution in [3.8, 4) is 5.75 Å². The molecule has 1 atom stereocenters. The highest BCUT2D eigenvalue weighted by atomic mass is 16.5. The quantitative estimate of drug-likeness (QED) is 0.811. The lowest BCUT2D eigenvalue weighted by molar-refractivity contribution is -0.139. The van der Waals surface area contributed by atoms with Crippen LogP contribution in [0.3, 0.4) is 0 Å². The molecule has 5 heteroatoms. The first-order chi connectivity index (χ1) is 12.7. The van der Waals surface area contributed by atoms with Gasteiger partial charge in [0.1, 0.15) is 5.75 Å². The molecule has 0 unspecified atom stereocenters. The van der Waals surface area contributed by atoms with E-state index in [1.165, 1.54) is 18.2 Å². The van der Waals surface area contributed by atoms with Gasteiger partial charge in [0.25, 0.3) is 5.91 Å². The van der Waals surface area contributed by atoms with Crippen molar-refractivity contribution in [2.24, 2.45) is 0 Å². The van der Waals surface area contributed by atoms with E-state index in [9.17, 15) is 9.59 Å². The number of methoxy groups -OCH3 is 1. The summed E-state index contributed by atoms with van der Waals surface area (Å²) in [6.07, 6.45) is 3.31. The van der Waals surface area contributed by atoms with E-state index in [0.29, 0.717) is 5.75 Å². The Bertz CT molecular complexity index is 770. The fraction of sp³-hybridized carbons (Fsp3) is 0.333. The number of carbonyl (C=O) groups is 2. The van der Waals surface area contributed by atoms with Gasteiger partial charge in [0, 0.05) is 0 Å². The van der Waals surface area contributed by atoms with Crippen molar-refractivity contribution in [2.75, 3.05) is 13.7 Å². The zero-order chi connectivity index (χ0) is 18.4. The molecule has 5 nitrogen and oxygen atoms in total. The fourth-order valence-corrected chi connectivity index (χ4v) is 3.23. The number of hydrogen-bond donors (Lipinski definition) is 1. The molecule has 0 aromatic heterocycles. The van der Waals surface area contributed by atoms with Gasteiger partial charge in [-0.25, -0.2) is 0 Å². The first-order valence-electron chi connectivity index (χ1n) is 8.81. The zero-order valence-corrected chi connectivity index (χ0v) is 14.9. The van der Waals surface area contributed by atoms with E-state index in [0.717, 1.165) is 24.8 Å². The lowest BCUT2D eigenvalue weighted by atomic mass is 9.88. The maximum atomic E-state index is 12.2. The van der Waals surface area contributed by atoms with Gasteiger partial charge in [-0.15, -0.1) is 0 Å². The number of rotatable bonds is 6. The third-order valence-electron chi connectivity index (χ3n) is 4.57. The number of benzene rings is 2. The Hall–Kier alpha value is -2.82. The second-order valence-electron chi connectivity index (χ2n) is 6.40. The number of aryl methyl sites for hydroxylation is 1. The van der Waals surface area contributed by atoms with Crippen LogP contribution in [-0.2, 0) is 27.2 Å². The molecule has 136 valence electrons. The molecule has 0 aliphatic heterocycles. The average molecular weight is 353 g/mol. The number of esters is 1. The molecular formula is C21H23NO4. The summed E-state index contributed by atoms with van der Waals surface area (Å²) in [5, 5.41) is 3.07. The van der Waals surface area contributed by atoms with Crippen molar-refractivity contribution in [3.05, 3.63) is 65.2 Å². The molecule has 1 amide bonds. The molecule has 0 spiro atoms. The summed E-state index contributed by atoms with van der Waals surface area (Å²) in [5.41, 5.74) is 3.36. The highest BCUT2D eigenvalue weighted by Crippen LogP contribution is 2.29. The van der Waals surface area contributed by atoms with Crippen molar-refractivity contribution in [1.29, 1.82) is 0 Å².